The molecule has 0 saturated heterocycles. The zero-order valence-electron chi connectivity index (χ0n) is 27.3. The predicted molar refractivity (Wildman–Crippen MR) is 176 cm³/mol. The number of fused-ring (bicyclic) bond motifs is 2. The third kappa shape index (κ3) is 5.23. The van der Waals surface area contributed by atoms with Gasteiger partial charge in [-0.1, -0.05) is 73.1 Å². The van der Waals surface area contributed by atoms with Gasteiger partial charge in [-0.05, 0) is 152 Å². The first kappa shape index (κ1) is 29.4. The van der Waals surface area contributed by atoms with Gasteiger partial charge in [0.25, 0.3) is 0 Å². The van der Waals surface area contributed by atoms with Gasteiger partial charge in [0.2, 0.25) is 0 Å². The highest BCUT2D eigenvalue weighted by atomic mass is 32.2. The van der Waals surface area contributed by atoms with Crippen LogP contribution in [0.5, 0.6) is 0 Å². The second kappa shape index (κ2) is 11.1. The molecule has 6 aliphatic rings. The van der Waals surface area contributed by atoms with Crippen molar-refractivity contribution in [3.63, 3.8) is 0 Å². The van der Waals surface area contributed by atoms with E-state index in [2.05, 4.69) is 73.3 Å². The lowest BCUT2D eigenvalue weighted by molar-refractivity contribution is 0.0679. The van der Waals surface area contributed by atoms with Crippen molar-refractivity contribution in [3.8, 4) is 0 Å². The van der Waals surface area contributed by atoms with E-state index in [0.717, 1.165) is 87.3 Å². The molecule has 0 radical (unpaired) electrons. The molecule has 6 rings (SSSR count). The molecule has 0 aromatic rings. The molecule has 0 spiro atoms. The lowest BCUT2D eigenvalue weighted by Gasteiger charge is -2.49. The van der Waals surface area contributed by atoms with Gasteiger partial charge in [-0.3, -0.25) is 0 Å². The van der Waals surface area contributed by atoms with E-state index in [4.69, 9.17) is 0 Å². The smallest absolute Gasteiger partial charge is 0.0555 e. The van der Waals surface area contributed by atoms with Crippen molar-refractivity contribution in [2.24, 2.45) is 71.0 Å². The van der Waals surface area contributed by atoms with Gasteiger partial charge in [0.15, 0.2) is 0 Å². The van der Waals surface area contributed by atoms with Gasteiger partial charge in [-0.25, -0.2) is 0 Å². The Kier molecular flexibility index (Phi) is 8.36. The van der Waals surface area contributed by atoms with Crippen LogP contribution < -0.4 is 0 Å². The van der Waals surface area contributed by atoms with E-state index < -0.39 is 8.07 Å². The zero-order valence-corrected chi connectivity index (χ0v) is 29.2. The first-order valence-corrected chi connectivity index (χ1v) is 21.9. The largest absolute Gasteiger partial charge is 0.127 e. The van der Waals surface area contributed by atoms with E-state index in [1.807, 2.05) is 5.57 Å². The normalized spacial score (nSPS) is 52.7. The number of allylic oxidation sites excluding steroid dienone is 2. The summed E-state index contributed by atoms with van der Waals surface area (Å²) in [4.78, 5) is 1.79. The Morgan fingerprint density at radius 1 is 0.615 bits per heavy atom. The Balaban J connectivity index is 1.22. The van der Waals surface area contributed by atoms with Gasteiger partial charge in [0.1, 0.15) is 0 Å². The molecule has 222 valence electrons. The zero-order chi connectivity index (χ0) is 27.8. The first-order valence-electron chi connectivity index (χ1n) is 17.8. The fraction of sp³-hybridized carbons (Fsp3) is 0.946. The maximum atomic E-state index is 2.92. The molecule has 0 nitrogen and oxygen atoms in total. The van der Waals surface area contributed by atoms with Crippen molar-refractivity contribution in [2.75, 3.05) is 0 Å². The van der Waals surface area contributed by atoms with Crippen LogP contribution in [0.3, 0.4) is 0 Å². The molecule has 0 bridgehead atoms. The van der Waals surface area contributed by atoms with Crippen molar-refractivity contribution < 1.29 is 0 Å². The molecular weight excluding hydrogens is 505 g/mol. The second-order valence-electron chi connectivity index (χ2n) is 17.7. The Labute approximate surface area is 249 Å². The van der Waals surface area contributed by atoms with E-state index in [0.29, 0.717) is 0 Å². The summed E-state index contributed by atoms with van der Waals surface area (Å²) in [6.45, 7) is 24.0. The summed E-state index contributed by atoms with van der Waals surface area (Å²) in [5, 5.41) is 0.926. The quantitative estimate of drug-likeness (QED) is 0.304. The lowest BCUT2D eigenvalue weighted by Crippen LogP contribution is -2.47. The van der Waals surface area contributed by atoms with E-state index in [9.17, 15) is 0 Å². The van der Waals surface area contributed by atoms with Gasteiger partial charge in [-0.15, -0.1) is 11.8 Å². The molecule has 5 saturated carbocycles. The van der Waals surface area contributed by atoms with Crippen LogP contribution in [0.1, 0.15) is 119 Å². The lowest BCUT2D eigenvalue weighted by atomic mass is 9.62. The molecule has 0 aromatic carbocycles. The van der Waals surface area contributed by atoms with Crippen LogP contribution in [0.4, 0.5) is 0 Å². The summed E-state index contributed by atoms with van der Waals surface area (Å²) < 4.78 is 0. The molecule has 1 aliphatic heterocycles. The van der Waals surface area contributed by atoms with Crippen molar-refractivity contribution in [1.29, 1.82) is 0 Å². The minimum absolute atomic E-state index is 0.899. The van der Waals surface area contributed by atoms with E-state index in [1.54, 1.807) is 43.4 Å². The number of thioether (sulfide) groups is 1. The highest BCUT2D eigenvalue weighted by molar-refractivity contribution is 8.04. The van der Waals surface area contributed by atoms with E-state index in [1.165, 1.54) is 32.1 Å². The van der Waals surface area contributed by atoms with Crippen molar-refractivity contribution >= 4 is 19.8 Å². The average molecular weight is 569 g/mol. The van der Waals surface area contributed by atoms with Crippen LogP contribution in [0.2, 0.25) is 24.2 Å². The molecular formula is C37H64SSi. The first-order chi connectivity index (χ1) is 18.5. The van der Waals surface area contributed by atoms with Gasteiger partial charge < -0.3 is 0 Å². The molecule has 39 heavy (non-hydrogen) atoms. The summed E-state index contributed by atoms with van der Waals surface area (Å²) in [6.07, 6.45) is 16.8. The standard InChI is InChI=1S/C37H64SSi/c1-21-13-22(2)16-28(15-21)30-11-10-12-31-32(30)19-25(5)36(31)39(8,9)37-26(6)20-33-34(27(7)38-35(33)37)29-17-23(3)14-24(4)18-29/h21-26,28-33,35-37H,10-20H2,1-9H3. The molecule has 2 heteroatoms. The highest BCUT2D eigenvalue weighted by Crippen LogP contribution is 2.68. The second-order valence-corrected chi connectivity index (χ2v) is 24.1. The predicted octanol–water partition coefficient (Wildman–Crippen LogP) is 11.7. The molecule has 0 N–H and O–H groups in total. The molecule has 5 aliphatic carbocycles. The topological polar surface area (TPSA) is 0 Å². The third-order valence-corrected chi connectivity index (χ3v) is 21.2. The third-order valence-electron chi connectivity index (χ3n) is 14.2. The average Bonchev–Trinajstić information content (AvgIpc) is 3.44. The monoisotopic (exact) mass is 568 g/mol. The molecule has 13 atom stereocenters. The fourth-order valence-corrected chi connectivity index (χ4v) is 23.0. The highest BCUT2D eigenvalue weighted by Gasteiger charge is 2.61. The Bertz CT molecular complexity index is 894. The van der Waals surface area contributed by atoms with Crippen LogP contribution in [0.25, 0.3) is 0 Å². The minimum atomic E-state index is -1.45. The van der Waals surface area contributed by atoms with Crippen molar-refractivity contribution in [1.82, 2.24) is 0 Å². The summed E-state index contributed by atoms with van der Waals surface area (Å²) in [5.41, 5.74) is 4.09. The van der Waals surface area contributed by atoms with Crippen molar-refractivity contribution in [3.05, 3.63) is 10.5 Å². The number of hydrogen-bond acceptors (Lipinski definition) is 1. The molecule has 13 unspecified atom stereocenters. The number of hydrogen-bond donors (Lipinski definition) is 0. The Morgan fingerprint density at radius 2 is 1.18 bits per heavy atom. The van der Waals surface area contributed by atoms with Crippen molar-refractivity contribution in [2.45, 2.75) is 149 Å². The van der Waals surface area contributed by atoms with Crippen LogP contribution in [0, 0.1) is 71.0 Å². The summed E-state index contributed by atoms with van der Waals surface area (Å²) >= 11 is 2.41. The van der Waals surface area contributed by atoms with Crippen LogP contribution in [-0.4, -0.2) is 13.3 Å². The summed E-state index contributed by atoms with van der Waals surface area (Å²) in [5.74, 6) is 11.8. The van der Waals surface area contributed by atoms with Crippen LogP contribution >= 0.6 is 11.8 Å². The summed E-state index contributed by atoms with van der Waals surface area (Å²) in [6, 6.07) is 0. The fourth-order valence-electron chi connectivity index (χ4n) is 13.8. The Morgan fingerprint density at radius 3 is 1.82 bits per heavy atom. The molecule has 5 fully saturated rings. The number of rotatable bonds is 4. The minimum Gasteiger partial charge on any atom is -0.127 e. The molecule has 0 aromatic heterocycles. The van der Waals surface area contributed by atoms with Gasteiger partial charge in [0.05, 0.1) is 8.07 Å². The Hall–Kier alpha value is 0.307. The van der Waals surface area contributed by atoms with E-state index >= 15 is 0 Å². The molecule has 0 amide bonds. The van der Waals surface area contributed by atoms with Crippen LogP contribution in [0.15, 0.2) is 10.5 Å². The molecule has 1 heterocycles. The SMILES string of the molecule is CC1=C(C2CC(C)CC(C)C2)C2CC(C)C([Si](C)(C)C3C(C)CC4C(C5CC(C)CC(C)C5)CCCC43)C2S1. The summed E-state index contributed by atoms with van der Waals surface area (Å²) in [7, 11) is -1.45. The van der Waals surface area contributed by atoms with Crippen LogP contribution in [-0.2, 0) is 0 Å². The maximum Gasteiger partial charge on any atom is 0.0555 e. The van der Waals surface area contributed by atoms with Gasteiger partial charge >= 0.3 is 0 Å². The maximum absolute atomic E-state index is 2.92. The van der Waals surface area contributed by atoms with Gasteiger partial charge in [-0.2, -0.15) is 0 Å². The van der Waals surface area contributed by atoms with Gasteiger partial charge in [0, 0.05) is 5.25 Å². The van der Waals surface area contributed by atoms with E-state index in [-0.39, 0.29) is 0 Å².